The van der Waals surface area contributed by atoms with Crippen LogP contribution < -0.4 is 9.62 Å². The van der Waals surface area contributed by atoms with Gasteiger partial charge in [0.15, 0.2) is 0 Å². The van der Waals surface area contributed by atoms with Gasteiger partial charge in [-0.25, -0.2) is 8.42 Å². The van der Waals surface area contributed by atoms with Gasteiger partial charge < -0.3 is 10.2 Å². The summed E-state index contributed by atoms with van der Waals surface area (Å²) in [5.74, 6) is -1.07. The van der Waals surface area contributed by atoms with Crippen molar-refractivity contribution in [3.8, 4) is 0 Å². The van der Waals surface area contributed by atoms with Crippen LogP contribution >= 0.6 is 34.8 Å². The van der Waals surface area contributed by atoms with Gasteiger partial charge in [0.05, 0.1) is 10.6 Å². The summed E-state index contributed by atoms with van der Waals surface area (Å²) in [5.41, 5.74) is 1.16. The smallest absolute Gasteiger partial charge is 0.264 e. The number of carbonyl (C=O) groups excluding carboxylic acids is 2. The maximum atomic E-state index is 13.8. The monoisotopic (exact) mass is 581 g/mol. The number of rotatable bonds is 9. The lowest BCUT2D eigenvalue weighted by atomic mass is 10.1. The van der Waals surface area contributed by atoms with Gasteiger partial charge in [-0.05, 0) is 55.8 Å². The summed E-state index contributed by atoms with van der Waals surface area (Å²) in [5, 5.41) is 3.50. The molecule has 3 aromatic rings. The predicted octanol–water partition coefficient (Wildman–Crippen LogP) is 5.31. The first kappa shape index (κ1) is 28.8. The normalized spacial score (nSPS) is 12.1. The summed E-state index contributed by atoms with van der Waals surface area (Å²) in [6.07, 6.45) is 0. The van der Waals surface area contributed by atoms with Gasteiger partial charge in [-0.15, -0.1) is 0 Å². The summed E-state index contributed by atoms with van der Waals surface area (Å²) in [6.45, 7) is 2.51. The third kappa shape index (κ3) is 6.38. The van der Waals surface area contributed by atoms with Crippen molar-refractivity contribution >= 4 is 62.3 Å². The van der Waals surface area contributed by atoms with Crippen LogP contribution in [0.5, 0.6) is 0 Å². The number of sulfonamides is 1. The first-order valence-electron chi connectivity index (χ1n) is 11.3. The van der Waals surface area contributed by atoms with E-state index >= 15 is 0 Å². The molecule has 11 heteroatoms. The minimum atomic E-state index is -4.19. The highest BCUT2D eigenvalue weighted by atomic mass is 35.5. The Bertz CT molecular complexity index is 1380. The molecule has 196 valence electrons. The third-order valence-corrected chi connectivity index (χ3v) is 8.81. The number of anilines is 1. The summed E-state index contributed by atoms with van der Waals surface area (Å²) in [6, 6.07) is 16.5. The number of benzene rings is 3. The Hall–Kier alpha value is -2.78. The fourth-order valence-electron chi connectivity index (χ4n) is 3.74. The highest BCUT2D eigenvalue weighted by Gasteiger charge is 2.33. The molecule has 3 aromatic carbocycles. The lowest BCUT2D eigenvalue weighted by molar-refractivity contribution is -0.139. The van der Waals surface area contributed by atoms with E-state index in [1.807, 2.05) is 0 Å². The number of halogens is 3. The van der Waals surface area contributed by atoms with Gasteiger partial charge in [-0.3, -0.25) is 13.9 Å². The summed E-state index contributed by atoms with van der Waals surface area (Å²) < 4.78 is 28.5. The molecule has 0 spiro atoms. The van der Waals surface area contributed by atoms with Crippen LogP contribution in [0.25, 0.3) is 0 Å². The zero-order chi connectivity index (χ0) is 27.3. The molecule has 0 heterocycles. The molecule has 37 heavy (non-hydrogen) atoms. The Morgan fingerprint density at radius 1 is 0.892 bits per heavy atom. The molecule has 0 radical (unpaired) electrons. The molecule has 0 bridgehead atoms. The van der Waals surface area contributed by atoms with E-state index in [1.165, 1.54) is 24.1 Å². The zero-order valence-corrected chi connectivity index (χ0v) is 23.5. The van der Waals surface area contributed by atoms with Crippen LogP contribution in [0.4, 0.5) is 5.69 Å². The Kier molecular flexibility index (Phi) is 9.47. The number of nitrogens with one attached hydrogen (secondary N) is 1. The second-order valence-electron chi connectivity index (χ2n) is 8.22. The van der Waals surface area contributed by atoms with Gasteiger partial charge >= 0.3 is 0 Å². The summed E-state index contributed by atoms with van der Waals surface area (Å²) in [4.78, 5) is 27.6. The van der Waals surface area contributed by atoms with Crippen molar-refractivity contribution in [3.63, 3.8) is 0 Å². The molecule has 0 unspecified atom stereocenters. The van der Waals surface area contributed by atoms with Crippen molar-refractivity contribution in [1.82, 2.24) is 10.2 Å². The van der Waals surface area contributed by atoms with E-state index in [9.17, 15) is 18.0 Å². The van der Waals surface area contributed by atoms with Crippen molar-refractivity contribution in [3.05, 3.63) is 92.9 Å². The Balaban J connectivity index is 2.10. The second kappa shape index (κ2) is 12.2. The zero-order valence-electron chi connectivity index (χ0n) is 20.4. The lowest BCUT2D eigenvalue weighted by Crippen LogP contribution is -2.50. The molecule has 0 aliphatic carbocycles. The minimum absolute atomic E-state index is 0.00206. The molecule has 1 N–H and O–H groups in total. The Morgan fingerprint density at radius 2 is 1.46 bits per heavy atom. The highest BCUT2D eigenvalue weighted by Crippen LogP contribution is 2.32. The highest BCUT2D eigenvalue weighted by molar-refractivity contribution is 7.92. The number of hydrogen-bond donors (Lipinski definition) is 1. The SMILES string of the molecule is CNC(=O)[C@@H](C)N(Cc1c(Cl)cccc1Cl)C(=O)CN(c1cccc(Cl)c1C)S(=O)(=O)c1ccccc1. The van der Waals surface area contributed by atoms with Crippen molar-refractivity contribution in [1.29, 1.82) is 0 Å². The maximum Gasteiger partial charge on any atom is 0.264 e. The molecule has 1 atom stereocenters. The molecule has 0 aliphatic heterocycles. The molecule has 7 nitrogen and oxygen atoms in total. The average Bonchev–Trinajstić information content (AvgIpc) is 2.88. The Labute approximate surface area is 232 Å². The average molecular weight is 583 g/mol. The van der Waals surface area contributed by atoms with E-state index in [0.29, 0.717) is 26.2 Å². The van der Waals surface area contributed by atoms with Crippen LogP contribution in [0.15, 0.2) is 71.6 Å². The molecule has 3 rings (SSSR count). The van der Waals surface area contributed by atoms with Gasteiger partial charge in [0, 0.05) is 34.2 Å². The van der Waals surface area contributed by atoms with E-state index < -0.39 is 34.4 Å². The second-order valence-corrected chi connectivity index (χ2v) is 11.3. The van der Waals surface area contributed by atoms with E-state index in [2.05, 4.69) is 5.32 Å². The first-order chi connectivity index (χ1) is 17.5. The van der Waals surface area contributed by atoms with E-state index in [1.54, 1.807) is 68.4 Å². The maximum absolute atomic E-state index is 13.8. The summed E-state index contributed by atoms with van der Waals surface area (Å²) in [7, 11) is -2.74. The Morgan fingerprint density at radius 3 is 2.05 bits per heavy atom. The van der Waals surface area contributed by atoms with Gasteiger partial charge in [0.2, 0.25) is 11.8 Å². The van der Waals surface area contributed by atoms with Crippen LogP contribution in [0, 0.1) is 6.92 Å². The van der Waals surface area contributed by atoms with E-state index in [4.69, 9.17) is 34.8 Å². The molecule has 0 saturated heterocycles. The fourth-order valence-corrected chi connectivity index (χ4v) is 5.92. The first-order valence-corrected chi connectivity index (χ1v) is 13.8. The molecule has 0 aromatic heterocycles. The lowest BCUT2D eigenvalue weighted by Gasteiger charge is -2.32. The summed E-state index contributed by atoms with van der Waals surface area (Å²) >= 11 is 19.0. The van der Waals surface area contributed by atoms with Crippen LogP contribution in [0.3, 0.4) is 0 Å². The van der Waals surface area contributed by atoms with Crippen molar-refractivity contribution in [2.24, 2.45) is 0 Å². The predicted molar refractivity (Wildman–Crippen MR) is 148 cm³/mol. The molecule has 0 fully saturated rings. The van der Waals surface area contributed by atoms with Crippen LogP contribution in [-0.2, 0) is 26.2 Å². The van der Waals surface area contributed by atoms with Gasteiger partial charge in [0.25, 0.3) is 10.0 Å². The van der Waals surface area contributed by atoms with Crippen molar-refractivity contribution in [2.75, 3.05) is 17.9 Å². The van der Waals surface area contributed by atoms with Gasteiger partial charge in [-0.2, -0.15) is 0 Å². The number of likely N-dealkylation sites (N-methyl/N-ethyl adjacent to an activating group) is 1. The topological polar surface area (TPSA) is 86.8 Å². The van der Waals surface area contributed by atoms with Crippen LogP contribution in [-0.4, -0.2) is 44.8 Å². The molecular formula is C26H26Cl3N3O4S. The third-order valence-electron chi connectivity index (χ3n) is 5.92. The number of nitrogens with zero attached hydrogens (tertiary/aromatic N) is 2. The van der Waals surface area contributed by atoms with Crippen LogP contribution in [0.2, 0.25) is 15.1 Å². The standard InChI is InChI=1S/C26H26Cl3N3O4S/c1-17-21(27)11-8-14-24(17)32(37(35,36)19-9-5-4-6-10-19)16-25(33)31(18(2)26(34)30-3)15-20-22(28)12-7-13-23(20)29/h4-14,18H,15-16H2,1-3H3,(H,30,34)/t18-/m1/s1. The number of carbonyl (C=O) groups is 2. The van der Waals surface area contributed by atoms with Gasteiger partial charge in [-0.1, -0.05) is 65.1 Å². The largest absolute Gasteiger partial charge is 0.357 e. The minimum Gasteiger partial charge on any atom is -0.357 e. The molecule has 0 saturated carbocycles. The van der Waals surface area contributed by atoms with Gasteiger partial charge in [0.1, 0.15) is 12.6 Å². The quantitative estimate of drug-likeness (QED) is 0.370. The van der Waals surface area contributed by atoms with E-state index in [0.717, 1.165) is 4.31 Å². The number of hydrogen-bond acceptors (Lipinski definition) is 4. The fraction of sp³-hybridized carbons (Fsp3) is 0.231. The number of amides is 2. The molecule has 0 aliphatic rings. The van der Waals surface area contributed by atoms with E-state index in [-0.39, 0.29) is 17.1 Å². The van der Waals surface area contributed by atoms with Crippen molar-refractivity contribution in [2.45, 2.75) is 31.3 Å². The molecular weight excluding hydrogens is 557 g/mol. The van der Waals surface area contributed by atoms with Crippen LogP contribution in [0.1, 0.15) is 18.1 Å². The van der Waals surface area contributed by atoms with Crippen molar-refractivity contribution < 1.29 is 18.0 Å². The molecule has 2 amide bonds.